The molecule has 1 saturated heterocycles. The van der Waals surface area contributed by atoms with Crippen molar-refractivity contribution in [1.29, 1.82) is 0 Å². The van der Waals surface area contributed by atoms with E-state index in [4.69, 9.17) is 14.2 Å². The van der Waals surface area contributed by atoms with Gasteiger partial charge in [-0.3, -0.25) is 0 Å². The van der Waals surface area contributed by atoms with Crippen LogP contribution in [0.4, 0.5) is 8.78 Å². The number of hydrogen-bond donors (Lipinski definition) is 0. The van der Waals surface area contributed by atoms with Crippen LogP contribution >= 0.6 is 0 Å². The molecular weight excluding hydrogens is 386 g/mol. The van der Waals surface area contributed by atoms with Gasteiger partial charge in [0.05, 0.1) is 19.8 Å². The molecule has 166 valence electrons. The lowest BCUT2D eigenvalue weighted by molar-refractivity contribution is -0.000179. The topological polar surface area (TPSA) is 27.7 Å². The molecule has 1 aliphatic carbocycles. The summed E-state index contributed by atoms with van der Waals surface area (Å²) in [6.45, 7) is 8.71. The summed E-state index contributed by atoms with van der Waals surface area (Å²) in [6.07, 6.45) is 7.10. The van der Waals surface area contributed by atoms with E-state index in [9.17, 15) is 8.78 Å². The average Bonchev–Trinajstić information content (AvgIpc) is 2.81. The number of halogens is 2. The smallest absolute Gasteiger partial charge is 0.199 e. The van der Waals surface area contributed by atoms with Gasteiger partial charge in [-0.15, -0.1) is 6.58 Å². The van der Waals surface area contributed by atoms with Gasteiger partial charge in [0, 0.05) is 18.8 Å². The Bertz CT molecular complexity index is 729. The van der Waals surface area contributed by atoms with Gasteiger partial charge in [0.25, 0.3) is 0 Å². The number of methoxy groups -OCH3 is 1. The zero-order chi connectivity index (χ0) is 21.9. The van der Waals surface area contributed by atoms with E-state index >= 15 is 0 Å². The Morgan fingerprint density at radius 1 is 1.07 bits per heavy atom. The van der Waals surface area contributed by atoms with E-state index < -0.39 is 11.7 Å². The highest BCUT2D eigenvalue weighted by Crippen LogP contribution is 2.34. The van der Waals surface area contributed by atoms with Crippen molar-refractivity contribution in [2.45, 2.75) is 71.0 Å². The van der Waals surface area contributed by atoms with Crippen molar-refractivity contribution in [2.24, 2.45) is 0 Å². The van der Waals surface area contributed by atoms with Crippen LogP contribution in [0.15, 0.2) is 60.1 Å². The van der Waals surface area contributed by atoms with E-state index in [1.165, 1.54) is 12.7 Å². The molecule has 1 aromatic rings. The molecule has 1 heterocycles. The van der Waals surface area contributed by atoms with E-state index in [2.05, 4.69) is 18.7 Å². The molecule has 1 aliphatic heterocycles. The summed E-state index contributed by atoms with van der Waals surface area (Å²) >= 11 is 0. The Kier molecular flexibility index (Phi) is 10.1. The van der Waals surface area contributed by atoms with Crippen LogP contribution < -0.4 is 0 Å². The standard InChI is InChI=1S/C23H28F2O3.C2H6/c1-3-4-5-19-11-10-18(15-27-19)17-8-6-16(7-9-17)14-28-21-13-12-20(26-2)22(24)23(21)25;1-2/h3,6-9,18-19H,1,4-5,10-15H2,2H3;1-2H3. The van der Waals surface area contributed by atoms with Crippen LogP contribution in [0.3, 0.4) is 0 Å². The van der Waals surface area contributed by atoms with Crippen molar-refractivity contribution < 1.29 is 23.0 Å². The van der Waals surface area contributed by atoms with Crippen LogP contribution in [0.5, 0.6) is 0 Å². The van der Waals surface area contributed by atoms with Crippen molar-refractivity contribution >= 4 is 0 Å². The minimum absolute atomic E-state index is 0.0376. The van der Waals surface area contributed by atoms with Gasteiger partial charge in [-0.25, -0.2) is 0 Å². The molecule has 0 amide bonds. The number of rotatable bonds is 8. The molecule has 2 atom stereocenters. The first-order chi connectivity index (χ1) is 14.6. The predicted octanol–water partition coefficient (Wildman–Crippen LogP) is 7.26. The van der Waals surface area contributed by atoms with Crippen molar-refractivity contribution in [3.05, 3.63) is 71.2 Å². The first kappa shape index (κ1) is 24.1. The summed E-state index contributed by atoms with van der Waals surface area (Å²) in [5.41, 5.74) is 2.17. The maximum Gasteiger partial charge on any atom is 0.199 e. The lowest BCUT2D eigenvalue weighted by Crippen LogP contribution is -2.24. The second-order valence-corrected chi connectivity index (χ2v) is 7.30. The minimum Gasteiger partial charge on any atom is -0.498 e. The third-order valence-electron chi connectivity index (χ3n) is 5.44. The highest BCUT2D eigenvalue weighted by atomic mass is 19.2. The normalized spacial score (nSPS) is 21.6. The molecule has 2 unspecified atom stereocenters. The zero-order valence-corrected chi connectivity index (χ0v) is 18.4. The van der Waals surface area contributed by atoms with Crippen LogP contribution in [0.2, 0.25) is 0 Å². The van der Waals surface area contributed by atoms with Crippen LogP contribution in [-0.4, -0.2) is 19.8 Å². The maximum absolute atomic E-state index is 14.0. The monoisotopic (exact) mass is 420 g/mol. The summed E-state index contributed by atoms with van der Waals surface area (Å²) in [6, 6.07) is 8.11. The molecule has 1 fully saturated rings. The number of benzene rings is 1. The third-order valence-corrected chi connectivity index (χ3v) is 5.44. The lowest BCUT2D eigenvalue weighted by Gasteiger charge is -2.29. The van der Waals surface area contributed by atoms with Gasteiger partial charge >= 0.3 is 0 Å². The average molecular weight is 421 g/mol. The van der Waals surface area contributed by atoms with Gasteiger partial charge in [-0.05, 0) is 36.8 Å². The number of ether oxygens (including phenoxy) is 3. The fraction of sp³-hybridized carbons (Fsp3) is 0.520. The van der Waals surface area contributed by atoms with Gasteiger partial charge in [0.15, 0.2) is 11.7 Å². The first-order valence-electron chi connectivity index (χ1n) is 10.9. The van der Waals surface area contributed by atoms with Crippen LogP contribution in [0, 0.1) is 0 Å². The highest BCUT2D eigenvalue weighted by Gasteiger charge is 2.25. The van der Waals surface area contributed by atoms with Crippen molar-refractivity contribution in [2.75, 3.05) is 13.7 Å². The molecule has 3 rings (SSSR count). The fourth-order valence-corrected chi connectivity index (χ4v) is 3.68. The van der Waals surface area contributed by atoms with E-state index in [0.717, 1.165) is 37.9 Å². The maximum atomic E-state index is 14.0. The van der Waals surface area contributed by atoms with Crippen molar-refractivity contribution in [3.63, 3.8) is 0 Å². The van der Waals surface area contributed by atoms with Gasteiger partial charge in [-0.1, -0.05) is 44.2 Å². The quantitative estimate of drug-likeness (QED) is 0.414. The molecule has 3 nitrogen and oxygen atoms in total. The van der Waals surface area contributed by atoms with Crippen molar-refractivity contribution in [3.8, 4) is 0 Å². The molecule has 0 saturated carbocycles. The fourth-order valence-electron chi connectivity index (χ4n) is 3.68. The summed E-state index contributed by atoms with van der Waals surface area (Å²) < 4.78 is 44.2. The Morgan fingerprint density at radius 3 is 2.33 bits per heavy atom. The molecule has 5 heteroatoms. The summed E-state index contributed by atoms with van der Waals surface area (Å²) in [4.78, 5) is 0. The Morgan fingerprint density at radius 2 is 1.73 bits per heavy atom. The lowest BCUT2D eigenvalue weighted by atomic mass is 9.90. The third kappa shape index (κ3) is 6.43. The molecule has 1 aromatic carbocycles. The highest BCUT2D eigenvalue weighted by molar-refractivity contribution is 5.30. The predicted molar refractivity (Wildman–Crippen MR) is 116 cm³/mol. The first-order valence-corrected chi connectivity index (χ1v) is 10.9. The summed E-state index contributed by atoms with van der Waals surface area (Å²) in [7, 11) is 1.34. The molecule has 0 aromatic heterocycles. The van der Waals surface area contributed by atoms with Crippen LogP contribution in [0.25, 0.3) is 0 Å². The largest absolute Gasteiger partial charge is 0.498 e. The Hall–Kier alpha value is -2.14. The number of hydrogen-bond acceptors (Lipinski definition) is 3. The zero-order valence-electron chi connectivity index (χ0n) is 18.4. The molecule has 0 bridgehead atoms. The van der Waals surface area contributed by atoms with E-state index in [1.807, 2.05) is 32.1 Å². The molecule has 2 aliphatic rings. The molecule has 0 spiro atoms. The Balaban J connectivity index is 0.00000155. The summed E-state index contributed by atoms with van der Waals surface area (Å²) in [5, 5.41) is 0. The second kappa shape index (κ2) is 12.5. The Labute approximate surface area is 179 Å². The SMILES string of the molecule is C=CCCC1CCC(c2ccc(COC3=C(F)C(F)=C(OC)CC3)cc2)CO1.CC. The second-order valence-electron chi connectivity index (χ2n) is 7.30. The van der Waals surface area contributed by atoms with Crippen molar-refractivity contribution in [1.82, 2.24) is 0 Å². The summed E-state index contributed by atoms with van der Waals surface area (Å²) in [5.74, 6) is -1.42. The van der Waals surface area contributed by atoms with Crippen LogP contribution in [-0.2, 0) is 20.8 Å². The van der Waals surface area contributed by atoms with Crippen LogP contribution in [0.1, 0.15) is 69.4 Å². The van der Waals surface area contributed by atoms with Gasteiger partial charge in [0.1, 0.15) is 18.1 Å². The molecule has 0 N–H and O–H groups in total. The van der Waals surface area contributed by atoms with E-state index in [-0.39, 0.29) is 18.1 Å². The van der Waals surface area contributed by atoms with Gasteiger partial charge in [-0.2, -0.15) is 8.78 Å². The van der Waals surface area contributed by atoms with E-state index in [0.29, 0.717) is 24.9 Å². The number of allylic oxidation sites excluding steroid dienone is 5. The van der Waals surface area contributed by atoms with E-state index in [1.54, 1.807) is 0 Å². The molecule has 30 heavy (non-hydrogen) atoms. The molecule has 0 radical (unpaired) electrons. The van der Waals surface area contributed by atoms with Gasteiger partial charge in [0.2, 0.25) is 0 Å². The molecular formula is C25H34F2O3. The van der Waals surface area contributed by atoms with Gasteiger partial charge < -0.3 is 14.2 Å². The minimum atomic E-state index is -0.956.